The average molecular weight is 660 g/mol. The molecule has 0 radical (unpaired) electrons. The Bertz CT molecular complexity index is 2050. The summed E-state index contributed by atoms with van der Waals surface area (Å²) in [6, 6.07) is 28.9. The zero-order valence-electron chi connectivity index (χ0n) is 28.4. The van der Waals surface area contributed by atoms with E-state index < -0.39 is 23.3 Å². The summed E-state index contributed by atoms with van der Waals surface area (Å²) in [5, 5.41) is 14.6. The Morgan fingerprint density at radius 1 is 0.878 bits per heavy atom. The monoisotopic (exact) mass is 659 g/mol. The smallest absolute Gasteiger partial charge is 0.313 e. The number of aryl methyl sites for hydroxylation is 1. The van der Waals surface area contributed by atoms with E-state index in [1.807, 2.05) is 66.7 Å². The van der Waals surface area contributed by atoms with Gasteiger partial charge >= 0.3 is 5.97 Å². The number of benzene rings is 4. The Kier molecular flexibility index (Phi) is 10.3. The number of hydrogen-bond donors (Lipinski definition) is 2. The summed E-state index contributed by atoms with van der Waals surface area (Å²) in [5.41, 5.74) is 2.31. The number of methoxy groups -OCH3 is 1. The molecule has 9 nitrogen and oxygen atoms in total. The number of likely N-dealkylation sites (N-methyl/N-ethyl adjacent to an activating group) is 1. The van der Waals surface area contributed by atoms with Crippen LogP contribution in [0.15, 0.2) is 108 Å². The summed E-state index contributed by atoms with van der Waals surface area (Å²) in [7, 11) is 3.18. The fourth-order valence-electron chi connectivity index (χ4n) is 5.71. The molecule has 0 bridgehead atoms. The predicted molar refractivity (Wildman–Crippen MR) is 191 cm³/mol. The van der Waals surface area contributed by atoms with E-state index in [4.69, 9.17) is 4.74 Å². The second kappa shape index (κ2) is 14.6. The number of pyridine rings is 1. The molecule has 1 aromatic heterocycles. The van der Waals surface area contributed by atoms with Gasteiger partial charge in [0.1, 0.15) is 17.5 Å². The van der Waals surface area contributed by atoms with Crippen molar-refractivity contribution in [2.45, 2.75) is 51.6 Å². The van der Waals surface area contributed by atoms with Gasteiger partial charge in [-0.1, -0.05) is 78.9 Å². The van der Waals surface area contributed by atoms with Crippen molar-refractivity contribution in [3.63, 3.8) is 0 Å². The first-order valence-electron chi connectivity index (χ1n) is 16.1. The van der Waals surface area contributed by atoms with Gasteiger partial charge in [-0.25, -0.2) is 0 Å². The molecule has 1 atom stereocenters. The molecule has 9 heteroatoms. The fourth-order valence-corrected chi connectivity index (χ4v) is 5.71. The molecular weight excluding hydrogens is 618 g/mol. The number of anilines is 1. The Morgan fingerprint density at radius 3 is 2.16 bits per heavy atom. The maximum absolute atomic E-state index is 14.1. The SMILES string of the molecule is COc1ccc(Cn2ccc(C)c(NC(=O)[C@H](Cc3ccc(C(C)(C)C(=O)O)cc3)N(C)C(=O)Cc3ccc4ccccc4c3)c2=O)cc1. The minimum absolute atomic E-state index is 0.0793. The molecule has 5 rings (SSSR count). The van der Waals surface area contributed by atoms with Crippen LogP contribution in [0.4, 0.5) is 5.69 Å². The number of nitrogens with one attached hydrogen (secondary N) is 1. The van der Waals surface area contributed by atoms with Crippen molar-refractivity contribution in [3.05, 3.63) is 141 Å². The highest BCUT2D eigenvalue weighted by Crippen LogP contribution is 2.25. The van der Waals surface area contributed by atoms with E-state index in [9.17, 15) is 24.3 Å². The minimum atomic E-state index is -1.10. The van der Waals surface area contributed by atoms with Crippen LogP contribution in [0.25, 0.3) is 10.8 Å². The number of amides is 2. The molecule has 252 valence electrons. The van der Waals surface area contributed by atoms with E-state index >= 15 is 0 Å². The van der Waals surface area contributed by atoms with Crippen LogP contribution < -0.4 is 15.6 Å². The van der Waals surface area contributed by atoms with Gasteiger partial charge in [-0.15, -0.1) is 0 Å². The molecule has 4 aromatic carbocycles. The van der Waals surface area contributed by atoms with Crippen molar-refractivity contribution in [3.8, 4) is 5.75 Å². The minimum Gasteiger partial charge on any atom is -0.497 e. The first-order chi connectivity index (χ1) is 23.4. The molecule has 5 aromatic rings. The van der Waals surface area contributed by atoms with Crippen molar-refractivity contribution in [2.24, 2.45) is 0 Å². The number of aromatic nitrogens is 1. The zero-order valence-corrected chi connectivity index (χ0v) is 28.4. The van der Waals surface area contributed by atoms with Crippen LogP contribution in [0.5, 0.6) is 5.75 Å². The van der Waals surface area contributed by atoms with Crippen molar-refractivity contribution >= 4 is 34.2 Å². The average Bonchev–Trinajstić information content (AvgIpc) is 3.10. The van der Waals surface area contributed by atoms with Gasteiger partial charge in [0.05, 0.1) is 25.5 Å². The number of rotatable bonds is 12. The van der Waals surface area contributed by atoms with Crippen molar-refractivity contribution in [1.82, 2.24) is 9.47 Å². The Morgan fingerprint density at radius 2 is 1.51 bits per heavy atom. The van der Waals surface area contributed by atoms with Crippen molar-refractivity contribution < 1.29 is 24.2 Å². The maximum atomic E-state index is 14.1. The summed E-state index contributed by atoms with van der Waals surface area (Å²) in [6.45, 7) is 5.30. The molecule has 0 unspecified atom stereocenters. The van der Waals surface area contributed by atoms with Crippen LogP contribution in [0.2, 0.25) is 0 Å². The van der Waals surface area contributed by atoms with Gasteiger partial charge in [0.2, 0.25) is 11.8 Å². The van der Waals surface area contributed by atoms with E-state index in [0.29, 0.717) is 23.4 Å². The normalized spacial score (nSPS) is 11.9. The molecule has 0 spiro atoms. The standard InChI is InChI=1S/C40H41N3O6/c1-26-20-21-43(25-28-13-18-33(49-5)19-14-28)38(46)36(26)41-37(45)34(23-27-11-16-32(17-12-27)40(2,3)39(47)48)42(4)35(44)24-29-10-15-30-8-6-7-9-31(30)22-29/h6-22,34H,23-25H2,1-5H3,(H,41,45)(H,47,48)/t34-/m0/s1. The van der Waals surface area contributed by atoms with Crippen LogP contribution in [0.1, 0.15) is 41.7 Å². The quantitative estimate of drug-likeness (QED) is 0.170. The van der Waals surface area contributed by atoms with Crippen LogP contribution in [-0.4, -0.2) is 52.6 Å². The van der Waals surface area contributed by atoms with Crippen LogP contribution in [0.3, 0.4) is 0 Å². The Balaban J connectivity index is 1.43. The molecule has 0 fully saturated rings. The highest BCUT2D eigenvalue weighted by atomic mass is 16.5. The number of carboxylic acid groups (broad SMARTS) is 1. The number of carbonyl (C=O) groups excluding carboxylic acids is 2. The lowest BCUT2D eigenvalue weighted by Crippen LogP contribution is -2.47. The lowest BCUT2D eigenvalue weighted by molar-refractivity contribution is -0.142. The van der Waals surface area contributed by atoms with Crippen LogP contribution >= 0.6 is 0 Å². The first kappa shape index (κ1) is 34.6. The van der Waals surface area contributed by atoms with Crippen LogP contribution in [0, 0.1) is 6.92 Å². The molecular formula is C40H41N3O6. The highest BCUT2D eigenvalue weighted by molar-refractivity contribution is 5.98. The molecule has 0 aliphatic rings. The van der Waals surface area contributed by atoms with Crippen molar-refractivity contribution in [1.29, 1.82) is 0 Å². The van der Waals surface area contributed by atoms with E-state index in [0.717, 1.165) is 27.5 Å². The number of hydrogen-bond acceptors (Lipinski definition) is 5. The van der Waals surface area contributed by atoms with E-state index in [1.54, 1.807) is 71.5 Å². The topological polar surface area (TPSA) is 118 Å². The number of aliphatic carboxylic acids is 1. The summed E-state index contributed by atoms with van der Waals surface area (Å²) >= 11 is 0. The van der Waals surface area contributed by atoms with Gasteiger partial charge in [-0.2, -0.15) is 0 Å². The predicted octanol–water partition coefficient (Wildman–Crippen LogP) is 5.98. The molecule has 2 N–H and O–H groups in total. The van der Waals surface area contributed by atoms with Gasteiger partial charge in [0.15, 0.2) is 0 Å². The van der Waals surface area contributed by atoms with Gasteiger partial charge < -0.3 is 24.6 Å². The molecule has 1 heterocycles. The van der Waals surface area contributed by atoms with Gasteiger partial charge in [-0.3, -0.25) is 19.2 Å². The largest absolute Gasteiger partial charge is 0.497 e. The highest BCUT2D eigenvalue weighted by Gasteiger charge is 2.31. The molecule has 49 heavy (non-hydrogen) atoms. The molecule has 0 aliphatic carbocycles. The maximum Gasteiger partial charge on any atom is 0.313 e. The lowest BCUT2D eigenvalue weighted by Gasteiger charge is -2.28. The number of fused-ring (bicyclic) bond motifs is 1. The Labute approximate surface area is 285 Å². The number of carbonyl (C=O) groups is 3. The summed E-state index contributed by atoms with van der Waals surface area (Å²) in [4.78, 5) is 54.7. The molecule has 0 saturated heterocycles. The van der Waals surface area contributed by atoms with Gasteiger partial charge in [0.25, 0.3) is 5.56 Å². The first-order valence-corrected chi connectivity index (χ1v) is 16.1. The molecule has 0 aliphatic heterocycles. The summed E-state index contributed by atoms with van der Waals surface area (Å²) in [5.74, 6) is -1.02. The second-order valence-electron chi connectivity index (χ2n) is 12.9. The number of nitrogens with zero attached hydrogens (tertiary/aromatic N) is 2. The lowest BCUT2D eigenvalue weighted by atomic mass is 9.84. The number of carboxylic acids is 1. The second-order valence-corrected chi connectivity index (χ2v) is 12.9. The van der Waals surface area contributed by atoms with Gasteiger partial charge in [-0.05, 0) is 77.6 Å². The molecule has 2 amide bonds. The van der Waals surface area contributed by atoms with Crippen molar-refractivity contribution in [2.75, 3.05) is 19.5 Å². The Hall–Kier alpha value is -5.70. The van der Waals surface area contributed by atoms with E-state index in [2.05, 4.69) is 5.32 Å². The molecule has 0 saturated carbocycles. The van der Waals surface area contributed by atoms with Crippen LogP contribution in [-0.2, 0) is 39.2 Å². The zero-order chi connectivity index (χ0) is 35.3. The third-order valence-electron chi connectivity index (χ3n) is 9.11. The van der Waals surface area contributed by atoms with E-state index in [1.165, 1.54) is 9.47 Å². The number of ether oxygens (including phenoxy) is 1. The summed E-state index contributed by atoms with van der Waals surface area (Å²) < 4.78 is 6.76. The third-order valence-corrected chi connectivity index (χ3v) is 9.11. The summed E-state index contributed by atoms with van der Waals surface area (Å²) in [6.07, 6.45) is 1.91. The fraction of sp³-hybridized carbons (Fsp3) is 0.250. The third kappa shape index (κ3) is 7.89. The van der Waals surface area contributed by atoms with Gasteiger partial charge in [0, 0.05) is 19.7 Å². The van der Waals surface area contributed by atoms with E-state index in [-0.39, 0.29) is 30.0 Å².